The van der Waals surface area contributed by atoms with Crippen LogP contribution >= 0.6 is 0 Å². The van der Waals surface area contributed by atoms with E-state index in [1.54, 1.807) is 24.3 Å². The van der Waals surface area contributed by atoms with Crippen LogP contribution in [0.5, 0.6) is 5.75 Å². The van der Waals surface area contributed by atoms with Gasteiger partial charge in [0.15, 0.2) is 0 Å². The summed E-state index contributed by atoms with van der Waals surface area (Å²) in [6.45, 7) is 3.67. The van der Waals surface area contributed by atoms with Crippen molar-refractivity contribution in [1.29, 1.82) is 0 Å². The Hall–Kier alpha value is -2.90. The van der Waals surface area contributed by atoms with Crippen molar-refractivity contribution < 1.29 is 29.1 Å². The molecule has 0 saturated carbocycles. The lowest BCUT2D eigenvalue weighted by Gasteiger charge is -2.33. The number of benzene rings is 2. The molecule has 1 fully saturated rings. The SMILES string of the molecule is COC(=O)c1ccc(OC[C@@H](O)C[NH+]2CCN(C(=O)c3ccccc3)CC2)cc1. The first kappa shape index (κ1) is 20.8. The second-order valence-corrected chi connectivity index (χ2v) is 7.09. The summed E-state index contributed by atoms with van der Waals surface area (Å²) in [5.74, 6) is 0.249. The number of hydrogen-bond acceptors (Lipinski definition) is 5. The van der Waals surface area contributed by atoms with Gasteiger partial charge in [0.25, 0.3) is 5.91 Å². The molecule has 0 aliphatic carbocycles. The van der Waals surface area contributed by atoms with Crippen molar-refractivity contribution in [3.05, 3.63) is 65.7 Å². The van der Waals surface area contributed by atoms with Crippen molar-refractivity contribution in [2.24, 2.45) is 0 Å². The van der Waals surface area contributed by atoms with Gasteiger partial charge in [-0.1, -0.05) is 18.2 Å². The molecule has 0 aromatic heterocycles. The number of carbonyl (C=O) groups excluding carboxylic acids is 2. The molecule has 7 nitrogen and oxygen atoms in total. The van der Waals surface area contributed by atoms with Gasteiger partial charge in [-0.05, 0) is 36.4 Å². The number of esters is 1. The van der Waals surface area contributed by atoms with Crippen molar-refractivity contribution in [2.45, 2.75) is 6.10 Å². The minimum Gasteiger partial charge on any atom is -0.491 e. The van der Waals surface area contributed by atoms with Gasteiger partial charge < -0.3 is 24.4 Å². The average Bonchev–Trinajstić information content (AvgIpc) is 2.78. The maximum atomic E-state index is 12.5. The molecule has 1 aliphatic heterocycles. The van der Waals surface area contributed by atoms with E-state index in [1.807, 2.05) is 35.2 Å². The smallest absolute Gasteiger partial charge is 0.337 e. The van der Waals surface area contributed by atoms with Crippen LogP contribution in [-0.4, -0.2) is 74.4 Å². The lowest BCUT2D eigenvalue weighted by atomic mass is 10.2. The second kappa shape index (κ2) is 10.0. The highest BCUT2D eigenvalue weighted by Crippen LogP contribution is 2.13. The third kappa shape index (κ3) is 5.79. The number of nitrogens with one attached hydrogen (secondary N) is 1. The number of piperazine rings is 1. The second-order valence-electron chi connectivity index (χ2n) is 7.09. The third-order valence-corrected chi connectivity index (χ3v) is 5.02. The van der Waals surface area contributed by atoms with Gasteiger partial charge in [0.1, 0.15) is 25.0 Å². The molecule has 0 bridgehead atoms. The van der Waals surface area contributed by atoms with Crippen LogP contribution in [0.25, 0.3) is 0 Å². The van der Waals surface area contributed by atoms with Crippen LogP contribution in [0.2, 0.25) is 0 Å². The number of nitrogens with zero attached hydrogens (tertiary/aromatic N) is 1. The first-order valence-electron chi connectivity index (χ1n) is 9.74. The zero-order valence-corrected chi connectivity index (χ0v) is 16.5. The van der Waals surface area contributed by atoms with E-state index in [0.717, 1.165) is 13.1 Å². The Bertz CT molecular complexity index is 802. The predicted molar refractivity (Wildman–Crippen MR) is 107 cm³/mol. The van der Waals surface area contributed by atoms with Crippen molar-refractivity contribution >= 4 is 11.9 Å². The highest BCUT2D eigenvalue weighted by molar-refractivity contribution is 5.94. The highest BCUT2D eigenvalue weighted by atomic mass is 16.5. The number of ether oxygens (including phenoxy) is 2. The van der Waals surface area contributed by atoms with Gasteiger partial charge in [-0.2, -0.15) is 0 Å². The van der Waals surface area contributed by atoms with Crippen LogP contribution in [-0.2, 0) is 4.74 Å². The van der Waals surface area contributed by atoms with E-state index >= 15 is 0 Å². The maximum absolute atomic E-state index is 12.5. The number of methoxy groups -OCH3 is 1. The minimum absolute atomic E-state index is 0.0592. The molecule has 0 radical (unpaired) electrons. The van der Waals surface area contributed by atoms with E-state index in [-0.39, 0.29) is 12.5 Å². The molecule has 29 heavy (non-hydrogen) atoms. The van der Waals surface area contributed by atoms with Gasteiger partial charge in [-0.15, -0.1) is 0 Å². The minimum atomic E-state index is -0.610. The fourth-order valence-electron chi connectivity index (χ4n) is 3.38. The Morgan fingerprint density at radius 1 is 1.03 bits per heavy atom. The fourth-order valence-corrected chi connectivity index (χ4v) is 3.38. The zero-order valence-electron chi connectivity index (χ0n) is 16.5. The Morgan fingerprint density at radius 2 is 1.69 bits per heavy atom. The molecule has 0 spiro atoms. The van der Waals surface area contributed by atoms with Gasteiger partial charge in [0.2, 0.25) is 0 Å². The van der Waals surface area contributed by atoms with Crippen LogP contribution in [0, 0.1) is 0 Å². The molecular weight excluding hydrogens is 372 g/mol. The van der Waals surface area contributed by atoms with Crippen LogP contribution in [0.15, 0.2) is 54.6 Å². The molecule has 3 rings (SSSR count). The molecule has 1 heterocycles. The Balaban J connectivity index is 1.40. The molecule has 0 unspecified atom stereocenters. The van der Waals surface area contributed by atoms with Gasteiger partial charge in [0.05, 0.1) is 38.9 Å². The number of hydrogen-bond donors (Lipinski definition) is 2. The zero-order chi connectivity index (χ0) is 20.6. The molecule has 1 atom stereocenters. The van der Waals surface area contributed by atoms with E-state index in [0.29, 0.717) is 36.5 Å². The number of amides is 1. The molecule has 2 aromatic rings. The van der Waals surface area contributed by atoms with Crippen LogP contribution < -0.4 is 9.64 Å². The summed E-state index contributed by atoms with van der Waals surface area (Å²) in [6, 6.07) is 15.9. The molecular formula is C22H27N2O5+. The van der Waals surface area contributed by atoms with E-state index in [2.05, 4.69) is 4.74 Å². The van der Waals surface area contributed by atoms with Gasteiger partial charge in [0, 0.05) is 5.56 Å². The van der Waals surface area contributed by atoms with Crippen LogP contribution in [0.1, 0.15) is 20.7 Å². The van der Waals surface area contributed by atoms with Crippen LogP contribution in [0.3, 0.4) is 0 Å². The average molecular weight is 399 g/mol. The first-order chi connectivity index (χ1) is 14.1. The summed E-state index contributed by atoms with van der Waals surface area (Å²) in [6.07, 6.45) is -0.610. The monoisotopic (exact) mass is 399 g/mol. The number of rotatable bonds is 7. The van der Waals surface area contributed by atoms with Gasteiger partial charge >= 0.3 is 5.97 Å². The number of quaternary nitrogens is 1. The quantitative estimate of drug-likeness (QED) is 0.653. The standard InChI is InChI=1S/C22H26N2O5/c1-28-22(27)18-7-9-20(10-8-18)29-16-19(25)15-23-11-13-24(14-12-23)21(26)17-5-3-2-4-6-17/h2-10,19,25H,11-16H2,1H3/p+1/t19-/m0/s1. The van der Waals surface area contributed by atoms with Crippen molar-refractivity contribution in [3.63, 3.8) is 0 Å². The maximum Gasteiger partial charge on any atom is 0.337 e. The molecule has 1 aliphatic rings. The Morgan fingerprint density at radius 3 is 2.31 bits per heavy atom. The number of aliphatic hydroxyl groups excluding tert-OH is 1. The Kier molecular flexibility index (Phi) is 7.21. The summed E-state index contributed by atoms with van der Waals surface area (Å²) in [7, 11) is 1.34. The lowest BCUT2D eigenvalue weighted by Crippen LogP contribution is -3.16. The van der Waals surface area contributed by atoms with Gasteiger partial charge in [-0.3, -0.25) is 4.79 Å². The van der Waals surface area contributed by atoms with E-state index in [9.17, 15) is 14.7 Å². The molecule has 2 aromatic carbocycles. The van der Waals surface area contributed by atoms with Gasteiger partial charge in [-0.25, -0.2) is 4.79 Å². The highest BCUT2D eigenvalue weighted by Gasteiger charge is 2.26. The molecule has 7 heteroatoms. The van der Waals surface area contributed by atoms with E-state index in [4.69, 9.17) is 4.74 Å². The number of aliphatic hydroxyl groups is 1. The van der Waals surface area contributed by atoms with Crippen molar-refractivity contribution in [1.82, 2.24) is 4.90 Å². The summed E-state index contributed by atoms with van der Waals surface area (Å²) in [4.78, 5) is 27.0. The molecule has 1 saturated heterocycles. The van der Waals surface area contributed by atoms with Crippen LogP contribution in [0.4, 0.5) is 0 Å². The summed E-state index contributed by atoms with van der Waals surface area (Å²) < 4.78 is 10.3. The topological polar surface area (TPSA) is 80.5 Å². The van der Waals surface area contributed by atoms with Crippen molar-refractivity contribution in [3.8, 4) is 5.75 Å². The van der Waals surface area contributed by atoms with Crippen molar-refractivity contribution in [2.75, 3.05) is 46.4 Å². The predicted octanol–water partition coefficient (Wildman–Crippen LogP) is 0.254. The Labute approximate surface area is 170 Å². The normalized spacial score (nSPS) is 15.6. The largest absolute Gasteiger partial charge is 0.491 e. The first-order valence-corrected chi connectivity index (χ1v) is 9.74. The van der Waals surface area contributed by atoms with E-state index in [1.165, 1.54) is 12.0 Å². The summed E-state index contributed by atoms with van der Waals surface area (Å²) in [5.41, 5.74) is 1.16. The molecule has 2 N–H and O–H groups in total. The summed E-state index contributed by atoms with van der Waals surface area (Å²) >= 11 is 0. The molecule has 1 amide bonds. The fraction of sp³-hybridized carbons (Fsp3) is 0.364. The lowest BCUT2D eigenvalue weighted by molar-refractivity contribution is -0.907. The summed E-state index contributed by atoms with van der Waals surface area (Å²) in [5, 5.41) is 10.3. The third-order valence-electron chi connectivity index (χ3n) is 5.02. The molecule has 154 valence electrons. The number of carbonyl (C=O) groups is 2. The van der Waals surface area contributed by atoms with E-state index < -0.39 is 12.1 Å².